The van der Waals surface area contributed by atoms with Crippen LogP contribution in [-0.2, 0) is 5.41 Å². The standard InChI is InChI=1S/C56H39N3/c1-56(2)49-33-14-13-28-44(49)47-31-17-32-48(52(47)56)50-45-29-11-9-26-42(45)43-27-10-12-30-46(43)51(50)55-58-53(40-24-15-22-38(34-40)36-18-5-3-6-19-36)57-54(59-55)41-25-16-23-39(35-41)37-20-7-4-8-21-37/h3-35H,1-2H3. The summed E-state index contributed by atoms with van der Waals surface area (Å²) in [6.07, 6.45) is 0. The maximum Gasteiger partial charge on any atom is 0.165 e. The Morgan fingerprint density at radius 3 is 1.31 bits per heavy atom. The van der Waals surface area contributed by atoms with Gasteiger partial charge in [0.1, 0.15) is 0 Å². The van der Waals surface area contributed by atoms with Crippen LogP contribution < -0.4 is 0 Å². The molecule has 1 heterocycles. The number of fused-ring (bicyclic) bond motifs is 6. The highest BCUT2D eigenvalue weighted by atomic mass is 15.0. The predicted octanol–water partition coefficient (Wildman–Crippen LogP) is 14.5. The molecule has 0 fully saturated rings. The lowest BCUT2D eigenvalue weighted by molar-refractivity contribution is 0.662. The predicted molar refractivity (Wildman–Crippen MR) is 245 cm³/mol. The molecule has 1 aliphatic rings. The second-order valence-electron chi connectivity index (χ2n) is 15.9. The third-order valence-corrected chi connectivity index (χ3v) is 12.1. The van der Waals surface area contributed by atoms with Gasteiger partial charge in [-0.2, -0.15) is 0 Å². The number of nitrogens with zero attached hydrogens (tertiary/aromatic N) is 3. The summed E-state index contributed by atoms with van der Waals surface area (Å²) in [7, 11) is 0. The van der Waals surface area contributed by atoms with E-state index in [-0.39, 0.29) is 5.41 Å². The van der Waals surface area contributed by atoms with Gasteiger partial charge in [-0.05, 0) is 83.7 Å². The third kappa shape index (κ3) is 5.77. The highest BCUT2D eigenvalue weighted by molar-refractivity contribution is 6.21. The Hall–Kier alpha value is -7.49. The molecule has 10 aromatic rings. The largest absolute Gasteiger partial charge is 0.208 e. The van der Waals surface area contributed by atoms with Crippen molar-refractivity contribution < 1.29 is 0 Å². The van der Waals surface area contributed by atoms with Gasteiger partial charge in [0.05, 0.1) is 0 Å². The van der Waals surface area contributed by atoms with Gasteiger partial charge in [-0.1, -0.05) is 202 Å². The maximum absolute atomic E-state index is 5.51. The van der Waals surface area contributed by atoms with Crippen molar-refractivity contribution in [1.82, 2.24) is 15.0 Å². The van der Waals surface area contributed by atoms with Crippen molar-refractivity contribution in [3.05, 3.63) is 211 Å². The van der Waals surface area contributed by atoms with Gasteiger partial charge in [-0.3, -0.25) is 0 Å². The van der Waals surface area contributed by atoms with E-state index in [1.165, 1.54) is 38.6 Å². The van der Waals surface area contributed by atoms with E-state index in [0.29, 0.717) is 17.5 Å². The summed E-state index contributed by atoms with van der Waals surface area (Å²) in [4.78, 5) is 16.3. The first-order valence-corrected chi connectivity index (χ1v) is 20.3. The van der Waals surface area contributed by atoms with Crippen molar-refractivity contribution in [2.24, 2.45) is 0 Å². The van der Waals surface area contributed by atoms with Gasteiger partial charge in [0.25, 0.3) is 0 Å². The van der Waals surface area contributed by atoms with Crippen LogP contribution in [0.4, 0.5) is 0 Å². The van der Waals surface area contributed by atoms with Gasteiger partial charge < -0.3 is 0 Å². The van der Waals surface area contributed by atoms with Gasteiger partial charge in [-0.15, -0.1) is 0 Å². The van der Waals surface area contributed by atoms with Crippen LogP contribution in [0.5, 0.6) is 0 Å². The maximum atomic E-state index is 5.51. The van der Waals surface area contributed by atoms with Crippen molar-refractivity contribution in [2.45, 2.75) is 19.3 Å². The van der Waals surface area contributed by atoms with Gasteiger partial charge in [0.2, 0.25) is 0 Å². The van der Waals surface area contributed by atoms with Crippen LogP contribution in [0.15, 0.2) is 200 Å². The molecule has 0 bridgehead atoms. The Labute approximate surface area is 344 Å². The minimum atomic E-state index is -0.238. The lowest BCUT2D eigenvalue weighted by Gasteiger charge is -2.26. The first kappa shape index (κ1) is 34.7. The molecule has 278 valence electrons. The molecule has 0 N–H and O–H groups in total. The zero-order valence-corrected chi connectivity index (χ0v) is 32.9. The van der Waals surface area contributed by atoms with Crippen LogP contribution in [0.25, 0.3) is 100 Å². The lowest BCUT2D eigenvalue weighted by Crippen LogP contribution is -2.16. The zero-order valence-electron chi connectivity index (χ0n) is 32.9. The van der Waals surface area contributed by atoms with Crippen molar-refractivity contribution in [3.8, 4) is 78.7 Å². The average Bonchev–Trinajstić information content (AvgIpc) is 3.55. The molecule has 1 aliphatic carbocycles. The summed E-state index contributed by atoms with van der Waals surface area (Å²) in [6.45, 7) is 4.73. The minimum absolute atomic E-state index is 0.238. The van der Waals surface area contributed by atoms with Gasteiger partial charge >= 0.3 is 0 Å². The van der Waals surface area contributed by atoms with E-state index in [0.717, 1.165) is 55.3 Å². The van der Waals surface area contributed by atoms with Crippen LogP contribution in [0.2, 0.25) is 0 Å². The number of hydrogen-bond acceptors (Lipinski definition) is 3. The van der Waals surface area contributed by atoms with Crippen LogP contribution in [0.1, 0.15) is 25.0 Å². The first-order chi connectivity index (χ1) is 29.0. The topological polar surface area (TPSA) is 38.7 Å². The quantitative estimate of drug-likeness (QED) is 0.159. The normalized spacial score (nSPS) is 12.7. The van der Waals surface area contributed by atoms with Crippen molar-refractivity contribution in [2.75, 3.05) is 0 Å². The van der Waals surface area contributed by atoms with E-state index in [2.05, 4.69) is 214 Å². The van der Waals surface area contributed by atoms with Crippen LogP contribution in [0, 0.1) is 0 Å². The SMILES string of the molecule is CC1(C)c2ccccc2-c2cccc(-c3c(-c4nc(-c5cccc(-c6ccccc6)c5)nc(-c5cccc(-c6ccccc6)c5)n4)c4ccccc4c4ccccc34)c21. The molecule has 1 aromatic heterocycles. The summed E-state index contributed by atoms with van der Waals surface area (Å²) < 4.78 is 0. The molecule has 3 heteroatoms. The van der Waals surface area contributed by atoms with Crippen molar-refractivity contribution in [3.63, 3.8) is 0 Å². The molecule has 0 amide bonds. The van der Waals surface area contributed by atoms with E-state index in [1.54, 1.807) is 0 Å². The van der Waals surface area contributed by atoms with E-state index in [1.807, 2.05) is 0 Å². The number of benzene rings is 9. The first-order valence-electron chi connectivity index (χ1n) is 20.3. The second-order valence-corrected chi connectivity index (χ2v) is 15.9. The molecule has 0 saturated carbocycles. The minimum Gasteiger partial charge on any atom is -0.208 e. The second kappa shape index (κ2) is 13.9. The molecule has 0 atom stereocenters. The summed E-state index contributed by atoms with van der Waals surface area (Å²) in [5, 5.41) is 4.64. The van der Waals surface area contributed by atoms with E-state index in [9.17, 15) is 0 Å². The number of hydrogen-bond donors (Lipinski definition) is 0. The molecular weight excluding hydrogens is 715 g/mol. The molecule has 59 heavy (non-hydrogen) atoms. The molecule has 0 aliphatic heterocycles. The molecule has 9 aromatic carbocycles. The Balaban J connectivity index is 1.24. The fourth-order valence-corrected chi connectivity index (χ4v) is 9.39. The molecule has 3 nitrogen and oxygen atoms in total. The molecule has 0 saturated heterocycles. The number of aromatic nitrogens is 3. The average molecular weight is 754 g/mol. The third-order valence-electron chi connectivity index (χ3n) is 12.1. The Morgan fingerprint density at radius 1 is 0.305 bits per heavy atom. The Bertz CT molecular complexity index is 3140. The van der Waals surface area contributed by atoms with Crippen LogP contribution in [0.3, 0.4) is 0 Å². The lowest BCUT2D eigenvalue weighted by atomic mass is 9.76. The molecule has 0 radical (unpaired) electrons. The fraction of sp³-hybridized carbons (Fsp3) is 0.0536. The van der Waals surface area contributed by atoms with Gasteiger partial charge in [-0.25, -0.2) is 15.0 Å². The molecular formula is C56H39N3. The fourth-order valence-electron chi connectivity index (χ4n) is 9.39. The highest BCUT2D eigenvalue weighted by Gasteiger charge is 2.38. The highest BCUT2D eigenvalue weighted by Crippen LogP contribution is 2.55. The van der Waals surface area contributed by atoms with Gasteiger partial charge in [0.15, 0.2) is 17.5 Å². The smallest absolute Gasteiger partial charge is 0.165 e. The molecule has 0 unspecified atom stereocenters. The summed E-state index contributed by atoms with van der Waals surface area (Å²) in [5.74, 6) is 1.90. The van der Waals surface area contributed by atoms with E-state index in [4.69, 9.17) is 15.0 Å². The van der Waals surface area contributed by atoms with Crippen LogP contribution in [-0.4, -0.2) is 15.0 Å². The number of rotatable bonds is 6. The molecule has 0 spiro atoms. The Kier molecular flexibility index (Phi) is 8.16. The zero-order chi connectivity index (χ0) is 39.5. The Morgan fingerprint density at radius 2 is 0.712 bits per heavy atom. The summed E-state index contributed by atoms with van der Waals surface area (Å²) in [6, 6.07) is 71.3. The monoisotopic (exact) mass is 753 g/mol. The summed E-state index contributed by atoms with van der Waals surface area (Å²) in [5.41, 5.74) is 14.7. The van der Waals surface area contributed by atoms with Crippen molar-refractivity contribution >= 4 is 21.5 Å². The summed E-state index contributed by atoms with van der Waals surface area (Å²) >= 11 is 0. The molecule has 11 rings (SSSR count). The van der Waals surface area contributed by atoms with E-state index >= 15 is 0 Å². The van der Waals surface area contributed by atoms with Crippen LogP contribution >= 0.6 is 0 Å². The van der Waals surface area contributed by atoms with Gasteiger partial charge in [0, 0.05) is 27.7 Å². The van der Waals surface area contributed by atoms with Crippen molar-refractivity contribution in [1.29, 1.82) is 0 Å². The van der Waals surface area contributed by atoms with E-state index < -0.39 is 0 Å².